The number of hydrogen-bond acceptors (Lipinski definition) is 6. The second-order valence-corrected chi connectivity index (χ2v) is 8.49. The van der Waals surface area contributed by atoms with Gasteiger partial charge in [-0.25, -0.2) is 9.59 Å². The van der Waals surface area contributed by atoms with Gasteiger partial charge in [0.2, 0.25) is 5.78 Å². The van der Waals surface area contributed by atoms with E-state index >= 15 is 0 Å². The number of amides is 1. The zero-order chi connectivity index (χ0) is 21.2. The minimum absolute atomic E-state index is 0.235. The van der Waals surface area contributed by atoms with Gasteiger partial charge in [-0.05, 0) is 76.1 Å². The van der Waals surface area contributed by atoms with E-state index in [1.165, 1.54) is 4.90 Å². The van der Waals surface area contributed by atoms with Crippen LogP contribution in [0.3, 0.4) is 0 Å². The minimum Gasteiger partial charge on any atom is -0.496 e. The molecule has 0 spiro atoms. The van der Waals surface area contributed by atoms with Crippen molar-refractivity contribution < 1.29 is 28.6 Å². The van der Waals surface area contributed by atoms with Gasteiger partial charge in [-0.1, -0.05) is 0 Å². The summed E-state index contributed by atoms with van der Waals surface area (Å²) >= 11 is 0. The zero-order valence-electron chi connectivity index (χ0n) is 17.6. The Morgan fingerprint density at radius 2 is 1.83 bits per heavy atom. The third-order valence-corrected chi connectivity index (χ3v) is 5.26. The fourth-order valence-corrected chi connectivity index (χ4v) is 3.99. The maximum absolute atomic E-state index is 12.7. The van der Waals surface area contributed by atoms with Gasteiger partial charge >= 0.3 is 12.1 Å². The predicted octanol–water partition coefficient (Wildman–Crippen LogP) is 3.31. The fourth-order valence-electron chi connectivity index (χ4n) is 3.99. The Hall–Kier alpha value is -2.57. The molecular weight excluding hydrogens is 374 g/mol. The maximum atomic E-state index is 12.7. The molecule has 7 heteroatoms. The highest BCUT2D eigenvalue weighted by atomic mass is 16.6. The van der Waals surface area contributed by atoms with Crippen molar-refractivity contribution in [1.29, 1.82) is 0 Å². The van der Waals surface area contributed by atoms with Gasteiger partial charge in [-0.15, -0.1) is 0 Å². The monoisotopic (exact) mass is 403 g/mol. The maximum Gasteiger partial charge on any atom is 0.411 e. The van der Waals surface area contributed by atoms with Crippen molar-refractivity contribution in [2.75, 3.05) is 20.3 Å². The molecule has 1 saturated heterocycles. The quantitative estimate of drug-likeness (QED) is 0.554. The number of benzene rings is 1. The molecule has 158 valence electrons. The average molecular weight is 403 g/mol. The smallest absolute Gasteiger partial charge is 0.411 e. The number of likely N-dealkylation sites (tertiary alicyclic amines) is 1. The van der Waals surface area contributed by atoms with E-state index < -0.39 is 23.7 Å². The van der Waals surface area contributed by atoms with Crippen LogP contribution in [0.15, 0.2) is 12.1 Å². The van der Waals surface area contributed by atoms with Crippen molar-refractivity contribution in [2.24, 2.45) is 0 Å². The average Bonchev–Trinajstić information content (AvgIpc) is 3.33. The summed E-state index contributed by atoms with van der Waals surface area (Å²) in [6.45, 7) is 5.44. The molecule has 0 bridgehead atoms. The van der Waals surface area contributed by atoms with E-state index in [2.05, 4.69) is 0 Å². The molecular formula is C22H29NO6. The topological polar surface area (TPSA) is 82.1 Å². The van der Waals surface area contributed by atoms with Gasteiger partial charge in [0.15, 0.2) is 6.61 Å². The molecule has 1 fully saturated rings. The number of fused-ring (bicyclic) bond motifs is 1. The van der Waals surface area contributed by atoms with Crippen LogP contribution in [0.25, 0.3) is 0 Å². The van der Waals surface area contributed by atoms with Gasteiger partial charge in [0, 0.05) is 12.1 Å². The van der Waals surface area contributed by atoms with E-state index in [4.69, 9.17) is 14.2 Å². The molecule has 1 unspecified atom stereocenters. The Balaban J connectivity index is 1.63. The Morgan fingerprint density at radius 1 is 1.10 bits per heavy atom. The number of rotatable bonds is 5. The lowest BCUT2D eigenvalue weighted by molar-refractivity contribution is -0.147. The third-order valence-electron chi connectivity index (χ3n) is 5.26. The summed E-state index contributed by atoms with van der Waals surface area (Å²) in [4.78, 5) is 39.0. The predicted molar refractivity (Wildman–Crippen MR) is 106 cm³/mol. The molecule has 1 aromatic carbocycles. The number of esters is 1. The molecule has 3 rings (SSSR count). The Kier molecular flexibility index (Phi) is 6.15. The van der Waals surface area contributed by atoms with E-state index in [0.717, 1.165) is 36.1 Å². The molecule has 1 aliphatic heterocycles. The van der Waals surface area contributed by atoms with Crippen LogP contribution < -0.4 is 4.74 Å². The molecule has 1 amide bonds. The van der Waals surface area contributed by atoms with Crippen LogP contribution in [-0.2, 0) is 27.1 Å². The SMILES string of the molecule is COc1ccc(C(=O)COC(=O)C2CCCN2C(=O)OC(C)(C)C)c2c1CCC2. The van der Waals surface area contributed by atoms with Crippen LogP contribution in [0, 0.1) is 0 Å². The van der Waals surface area contributed by atoms with Gasteiger partial charge in [0.25, 0.3) is 0 Å². The molecule has 29 heavy (non-hydrogen) atoms. The van der Waals surface area contributed by atoms with Gasteiger partial charge < -0.3 is 14.2 Å². The van der Waals surface area contributed by atoms with Crippen LogP contribution in [0.1, 0.15) is 61.5 Å². The van der Waals surface area contributed by atoms with E-state index in [1.54, 1.807) is 40.0 Å². The van der Waals surface area contributed by atoms with Crippen molar-refractivity contribution in [3.8, 4) is 5.75 Å². The fraction of sp³-hybridized carbons (Fsp3) is 0.591. The van der Waals surface area contributed by atoms with Gasteiger partial charge in [-0.3, -0.25) is 9.69 Å². The van der Waals surface area contributed by atoms with Gasteiger partial charge in [-0.2, -0.15) is 0 Å². The van der Waals surface area contributed by atoms with Crippen LogP contribution in [0.5, 0.6) is 5.75 Å². The number of methoxy groups -OCH3 is 1. The highest BCUT2D eigenvalue weighted by molar-refractivity contribution is 6.00. The largest absolute Gasteiger partial charge is 0.496 e. The number of Topliss-reactive ketones (excluding diaryl/α,β-unsaturated/α-hetero) is 1. The summed E-state index contributed by atoms with van der Waals surface area (Å²) in [5.74, 6) is -0.00200. The third kappa shape index (κ3) is 4.71. The highest BCUT2D eigenvalue weighted by Crippen LogP contribution is 2.33. The van der Waals surface area contributed by atoms with Crippen LogP contribution in [-0.4, -0.2) is 54.7 Å². The Bertz CT molecular complexity index is 810. The number of carbonyl (C=O) groups excluding carboxylic acids is 3. The van der Waals surface area contributed by atoms with Crippen molar-refractivity contribution in [1.82, 2.24) is 4.90 Å². The summed E-state index contributed by atoms with van der Waals surface area (Å²) in [5, 5.41) is 0. The summed E-state index contributed by atoms with van der Waals surface area (Å²) in [6.07, 6.45) is 3.34. The molecule has 0 aromatic heterocycles. The zero-order valence-corrected chi connectivity index (χ0v) is 17.6. The molecule has 1 aliphatic carbocycles. The normalized spacial score (nSPS) is 18.3. The molecule has 0 N–H and O–H groups in total. The Labute approximate surface area is 171 Å². The first-order valence-corrected chi connectivity index (χ1v) is 10.1. The van der Waals surface area contributed by atoms with E-state index in [9.17, 15) is 14.4 Å². The number of hydrogen-bond donors (Lipinski definition) is 0. The number of nitrogens with zero attached hydrogens (tertiary/aromatic N) is 1. The van der Waals surface area contributed by atoms with Gasteiger partial charge in [0.05, 0.1) is 7.11 Å². The van der Waals surface area contributed by atoms with Crippen molar-refractivity contribution in [2.45, 2.75) is 64.5 Å². The lowest BCUT2D eigenvalue weighted by atomic mass is 9.99. The molecule has 1 heterocycles. The van der Waals surface area contributed by atoms with Crippen molar-refractivity contribution in [3.05, 3.63) is 28.8 Å². The molecule has 0 saturated carbocycles. The first-order chi connectivity index (χ1) is 13.7. The molecule has 1 aromatic rings. The lowest BCUT2D eigenvalue weighted by Crippen LogP contribution is -2.44. The first-order valence-electron chi connectivity index (χ1n) is 10.1. The van der Waals surface area contributed by atoms with Crippen LogP contribution in [0.2, 0.25) is 0 Å². The summed E-state index contributed by atoms with van der Waals surface area (Å²) < 4.78 is 16.0. The van der Waals surface area contributed by atoms with Gasteiger partial charge in [0.1, 0.15) is 17.4 Å². The Morgan fingerprint density at radius 3 is 2.52 bits per heavy atom. The van der Waals surface area contributed by atoms with Crippen LogP contribution >= 0.6 is 0 Å². The summed E-state index contributed by atoms with van der Waals surface area (Å²) in [7, 11) is 1.62. The molecule has 0 radical (unpaired) electrons. The first kappa shape index (κ1) is 21.1. The number of ketones is 1. The summed E-state index contributed by atoms with van der Waals surface area (Å²) in [5.41, 5.74) is 2.00. The molecule has 7 nitrogen and oxygen atoms in total. The van der Waals surface area contributed by atoms with E-state index in [0.29, 0.717) is 24.9 Å². The van der Waals surface area contributed by atoms with Crippen LogP contribution in [0.4, 0.5) is 4.79 Å². The second-order valence-electron chi connectivity index (χ2n) is 8.49. The molecule has 2 aliphatic rings. The van der Waals surface area contributed by atoms with Crippen molar-refractivity contribution in [3.63, 3.8) is 0 Å². The minimum atomic E-state index is -0.709. The van der Waals surface area contributed by atoms with E-state index in [-0.39, 0.29) is 12.4 Å². The highest BCUT2D eigenvalue weighted by Gasteiger charge is 2.38. The lowest BCUT2D eigenvalue weighted by Gasteiger charge is -2.27. The van der Waals surface area contributed by atoms with E-state index in [1.807, 2.05) is 0 Å². The number of ether oxygens (including phenoxy) is 3. The van der Waals surface area contributed by atoms with Crippen molar-refractivity contribution >= 4 is 17.8 Å². The summed E-state index contributed by atoms with van der Waals surface area (Å²) in [6, 6.07) is 2.82. The standard InChI is InChI=1S/C22H29NO6/c1-22(2,3)29-21(26)23-12-6-9-17(23)20(25)28-13-18(24)15-10-11-19(27-4)16-8-5-7-14(15)16/h10-11,17H,5-9,12-13H2,1-4H3. The number of carbonyl (C=O) groups is 3. The second kappa shape index (κ2) is 8.43. The molecule has 1 atom stereocenters.